The lowest BCUT2D eigenvalue weighted by Crippen LogP contribution is -2.17. The SMILES string of the molecule is NC(=O)c1csc(CNc2ccc(OC(F)(F)F)cc2)c1. The van der Waals surface area contributed by atoms with E-state index in [9.17, 15) is 18.0 Å². The van der Waals surface area contributed by atoms with Crippen molar-refractivity contribution in [3.05, 3.63) is 46.2 Å². The molecule has 1 aromatic heterocycles. The summed E-state index contributed by atoms with van der Waals surface area (Å²) >= 11 is 1.37. The molecule has 3 N–H and O–H groups in total. The van der Waals surface area contributed by atoms with E-state index in [1.807, 2.05) is 0 Å². The van der Waals surface area contributed by atoms with Crippen LogP contribution >= 0.6 is 11.3 Å². The number of hydrogen-bond acceptors (Lipinski definition) is 4. The van der Waals surface area contributed by atoms with E-state index in [0.29, 0.717) is 17.8 Å². The molecule has 0 spiro atoms. The van der Waals surface area contributed by atoms with Crippen LogP contribution in [0.3, 0.4) is 0 Å². The monoisotopic (exact) mass is 316 g/mol. The lowest BCUT2D eigenvalue weighted by Gasteiger charge is -2.10. The second-order valence-electron chi connectivity index (χ2n) is 4.09. The molecule has 1 amide bonds. The Balaban J connectivity index is 1.92. The van der Waals surface area contributed by atoms with Crippen LogP contribution in [-0.2, 0) is 6.54 Å². The fraction of sp³-hybridized carbons (Fsp3) is 0.154. The molecule has 1 heterocycles. The molecule has 4 nitrogen and oxygen atoms in total. The van der Waals surface area contributed by atoms with Crippen LogP contribution in [0.1, 0.15) is 15.2 Å². The maximum Gasteiger partial charge on any atom is 0.573 e. The second-order valence-corrected chi connectivity index (χ2v) is 5.09. The minimum Gasteiger partial charge on any atom is -0.406 e. The zero-order valence-electron chi connectivity index (χ0n) is 10.6. The molecule has 2 aromatic rings. The molecular weight excluding hydrogens is 305 g/mol. The number of amides is 1. The van der Waals surface area contributed by atoms with Crippen molar-refractivity contribution in [2.45, 2.75) is 12.9 Å². The molecule has 0 saturated heterocycles. The van der Waals surface area contributed by atoms with Gasteiger partial charge in [-0.2, -0.15) is 0 Å². The first-order valence-electron chi connectivity index (χ1n) is 5.80. The highest BCUT2D eigenvalue weighted by atomic mass is 32.1. The molecule has 0 aliphatic heterocycles. The Kier molecular flexibility index (Phi) is 4.37. The summed E-state index contributed by atoms with van der Waals surface area (Å²) < 4.78 is 39.8. The number of nitrogens with two attached hydrogens (primary N) is 1. The number of alkyl halides is 3. The Hall–Kier alpha value is -2.22. The highest BCUT2D eigenvalue weighted by Gasteiger charge is 2.30. The molecule has 0 radical (unpaired) electrons. The number of benzene rings is 1. The van der Waals surface area contributed by atoms with Crippen LogP contribution < -0.4 is 15.8 Å². The van der Waals surface area contributed by atoms with Crippen LogP contribution in [0.15, 0.2) is 35.7 Å². The van der Waals surface area contributed by atoms with E-state index in [1.54, 1.807) is 11.4 Å². The van der Waals surface area contributed by atoms with Gasteiger partial charge in [-0.25, -0.2) is 0 Å². The van der Waals surface area contributed by atoms with Gasteiger partial charge in [-0.05, 0) is 30.3 Å². The molecule has 21 heavy (non-hydrogen) atoms. The molecule has 8 heteroatoms. The van der Waals surface area contributed by atoms with Gasteiger partial charge < -0.3 is 15.8 Å². The van der Waals surface area contributed by atoms with Crippen LogP contribution in [0, 0.1) is 0 Å². The van der Waals surface area contributed by atoms with E-state index in [2.05, 4.69) is 10.1 Å². The highest BCUT2D eigenvalue weighted by molar-refractivity contribution is 7.10. The van der Waals surface area contributed by atoms with Crippen LogP contribution in [0.25, 0.3) is 0 Å². The Morgan fingerprint density at radius 2 is 1.95 bits per heavy atom. The minimum atomic E-state index is -4.70. The topological polar surface area (TPSA) is 64.4 Å². The van der Waals surface area contributed by atoms with E-state index in [-0.39, 0.29) is 5.75 Å². The van der Waals surface area contributed by atoms with Crippen molar-refractivity contribution in [3.8, 4) is 5.75 Å². The summed E-state index contributed by atoms with van der Waals surface area (Å²) in [4.78, 5) is 11.8. The van der Waals surface area contributed by atoms with E-state index in [0.717, 1.165) is 4.88 Å². The maximum atomic E-state index is 12.0. The third kappa shape index (κ3) is 4.67. The number of anilines is 1. The molecule has 0 bridgehead atoms. The van der Waals surface area contributed by atoms with Crippen molar-refractivity contribution in [2.24, 2.45) is 5.73 Å². The van der Waals surface area contributed by atoms with Gasteiger partial charge in [-0.15, -0.1) is 24.5 Å². The van der Waals surface area contributed by atoms with Crippen molar-refractivity contribution >= 4 is 22.9 Å². The summed E-state index contributed by atoms with van der Waals surface area (Å²) in [6.45, 7) is 0.442. The van der Waals surface area contributed by atoms with Crippen molar-refractivity contribution in [1.29, 1.82) is 0 Å². The number of halogens is 3. The Labute approximate surface area is 122 Å². The van der Waals surface area contributed by atoms with E-state index < -0.39 is 12.3 Å². The number of nitrogens with one attached hydrogen (secondary N) is 1. The van der Waals surface area contributed by atoms with Gasteiger partial charge in [0.25, 0.3) is 0 Å². The summed E-state index contributed by atoms with van der Waals surface area (Å²) in [5.41, 5.74) is 6.22. The number of thiophene rings is 1. The predicted octanol–water partition coefficient (Wildman–Crippen LogP) is 3.36. The molecular formula is C13H11F3N2O2S. The Morgan fingerprint density at radius 1 is 1.29 bits per heavy atom. The predicted molar refractivity (Wildman–Crippen MR) is 73.3 cm³/mol. The van der Waals surface area contributed by atoms with Crippen LogP contribution in [0.2, 0.25) is 0 Å². The summed E-state index contributed by atoms with van der Waals surface area (Å²) in [6, 6.07) is 7.06. The number of primary amides is 1. The summed E-state index contributed by atoms with van der Waals surface area (Å²) in [5.74, 6) is -0.772. The Bertz CT molecular complexity index is 623. The average molecular weight is 316 g/mol. The maximum absolute atomic E-state index is 12.0. The molecule has 0 saturated carbocycles. The smallest absolute Gasteiger partial charge is 0.406 e. The molecule has 112 valence electrons. The normalized spacial score (nSPS) is 11.2. The number of ether oxygens (including phenoxy) is 1. The summed E-state index contributed by atoms with van der Waals surface area (Å²) in [7, 11) is 0. The molecule has 2 rings (SSSR count). The largest absolute Gasteiger partial charge is 0.573 e. The number of rotatable bonds is 5. The molecule has 0 aliphatic rings. The first-order chi connectivity index (χ1) is 9.83. The number of hydrogen-bond donors (Lipinski definition) is 2. The van der Waals surface area contributed by atoms with Gasteiger partial charge in [0.15, 0.2) is 0 Å². The molecule has 0 unspecified atom stereocenters. The lowest BCUT2D eigenvalue weighted by molar-refractivity contribution is -0.274. The quantitative estimate of drug-likeness (QED) is 0.889. The van der Waals surface area contributed by atoms with Gasteiger partial charge in [-0.3, -0.25) is 4.79 Å². The molecule has 0 atom stereocenters. The van der Waals surface area contributed by atoms with Gasteiger partial charge in [0.05, 0.1) is 5.56 Å². The zero-order chi connectivity index (χ0) is 15.5. The Morgan fingerprint density at radius 3 is 2.48 bits per heavy atom. The zero-order valence-corrected chi connectivity index (χ0v) is 11.4. The van der Waals surface area contributed by atoms with Crippen LogP contribution in [0.4, 0.5) is 18.9 Å². The van der Waals surface area contributed by atoms with Gasteiger partial charge in [0.1, 0.15) is 5.75 Å². The molecule has 0 aliphatic carbocycles. The fourth-order valence-corrected chi connectivity index (χ4v) is 2.38. The van der Waals surface area contributed by atoms with Crippen LogP contribution in [-0.4, -0.2) is 12.3 Å². The van der Waals surface area contributed by atoms with Crippen LogP contribution in [0.5, 0.6) is 5.75 Å². The average Bonchev–Trinajstić information content (AvgIpc) is 2.85. The first-order valence-corrected chi connectivity index (χ1v) is 6.68. The summed E-state index contributed by atoms with van der Waals surface area (Å²) in [6.07, 6.45) is -4.70. The minimum absolute atomic E-state index is 0.278. The summed E-state index contributed by atoms with van der Waals surface area (Å²) in [5, 5.41) is 4.68. The number of carbonyl (C=O) groups is 1. The van der Waals surface area contributed by atoms with Crippen molar-refractivity contribution < 1.29 is 22.7 Å². The van der Waals surface area contributed by atoms with Crippen molar-refractivity contribution in [3.63, 3.8) is 0 Å². The van der Waals surface area contributed by atoms with E-state index in [1.165, 1.54) is 35.6 Å². The van der Waals surface area contributed by atoms with Crippen molar-refractivity contribution in [2.75, 3.05) is 5.32 Å². The van der Waals surface area contributed by atoms with Gasteiger partial charge in [-0.1, -0.05) is 0 Å². The van der Waals surface area contributed by atoms with E-state index >= 15 is 0 Å². The van der Waals surface area contributed by atoms with Gasteiger partial charge in [0.2, 0.25) is 5.91 Å². The third-order valence-electron chi connectivity index (χ3n) is 2.49. The van der Waals surface area contributed by atoms with Crippen molar-refractivity contribution in [1.82, 2.24) is 0 Å². The molecule has 0 fully saturated rings. The standard InChI is InChI=1S/C13H11F3N2O2S/c14-13(15,16)20-10-3-1-9(2-4-10)18-6-11-5-8(7-21-11)12(17)19/h1-5,7,18H,6H2,(H2,17,19). The molecule has 1 aromatic carbocycles. The lowest BCUT2D eigenvalue weighted by atomic mass is 10.3. The van der Waals surface area contributed by atoms with E-state index in [4.69, 9.17) is 5.73 Å². The fourth-order valence-electron chi connectivity index (χ4n) is 1.57. The first kappa shape index (κ1) is 15.2. The number of carbonyl (C=O) groups excluding carboxylic acids is 1. The second kappa shape index (κ2) is 6.04. The highest BCUT2D eigenvalue weighted by Crippen LogP contribution is 2.24. The van der Waals surface area contributed by atoms with Gasteiger partial charge in [0, 0.05) is 22.5 Å². The van der Waals surface area contributed by atoms with Gasteiger partial charge >= 0.3 is 6.36 Å². The third-order valence-corrected chi connectivity index (χ3v) is 3.43.